The van der Waals surface area contributed by atoms with Crippen LogP contribution in [0.2, 0.25) is 10.0 Å². The molecular formula is C16H19Cl2N3S. The van der Waals surface area contributed by atoms with Crippen LogP contribution >= 0.6 is 35.4 Å². The largest absolute Gasteiger partial charge is 0.345 e. The summed E-state index contributed by atoms with van der Waals surface area (Å²) in [6.07, 6.45) is 6.48. The van der Waals surface area contributed by atoms with Crippen LogP contribution in [0.3, 0.4) is 0 Å². The maximum Gasteiger partial charge on any atom is 0.173 e. The molecule has 0 amide bonds. The van der Waals surface area contributed by atoms with Gasteiger partial charge in [-0.25, -0.2) is 0 Å². The fraction of sp³-hybridized carbons (Fsp3) is 0.500. The number of halogens is 2. The predicted molar refractivity (Wildman–Crippen MR) is 96.5 cm³/mol. The van der Waals surface area contributed by atoms with Gasteiger partial charge in [-0.05, 0) is 43.3 Å². The van der Waals surface area contributed by atoms with Crippen LogP contribution in [0, 0.1) is 11.3 Å². The third-order valence-electron chi connectivity index (χ3n) is 3.91. The van der Waals surface area contributed by atoms with Gasteiger partial charge >= 0.3 is 0 Å². The van der Waals surface area contributed by atoms with Crippen LogP contribution in [-0.4, -0.2) is 22.6 Å². The summed E-state index contributed by atoms with van der Waals surface area (Å²) in [5.41, 5.74) is 0.817. The summed E-state index contributed by atoms with van der Waals surface area (Å²) in [5.74, 6) is 0. The summed E-state index contributed by atoms with van der Waals surface area (Å²) in [5, 5.41) is 13.8. The van der Waals surface area contributed by atoms with Crippen LogP contribution < -0.4 is 5.32 Å². The van der Waals surface area contributed by atoms with Gasteiger partial charge < -0.3 is 10.2 Å². The molecule has 0 heterocycles. The lowest BCUT2D eigenvalue weighted by Gasteiger charge is -2.36. The van der Waals surface area contributed by atoms with Crippen LogP contribution in [0.1, 0.15) is 38.5 Å². The smallest absolute Gasteiger partial charge is 0.173 e. The van der Waals surface area contributed by atoms with Crippen LogP contribution in [0.15, 0.2) is 18.2 Å². The van der Waals surface area contributed by atoms with Crippen LogP contribution in [0.5, 0.6) is 0 Å². The molecule has 1 N–H and O–H groups in total. The SMILES string of the molecule is N#CCCN(C(=S)Nc1ccc(Cl)c(Cl)c1)C1CCCCC1. The Morgan fingerprint density at radius 3 is 2.64 bits per heavy atom. The lowest BCUT2D eigenvalue weighted by molar-refractivity contribution is 0.250. The summed E-state index contributed by atoms with van der Waals surface area (Å²) in [6, 6.07) is 7.99. The average Bonchev–Trinajstić information content (AvgIpc) is 2.52. The van der Waals surface area contributed by atoms with E-state index in [4.69, 9.17) is 40.7 Å². The van der Waals surface area contributed by atoms with Crippen LogP contribution in [0.25, 0.3) is 0 Å². The monoisotopic (exact) mass is 355 g/mol. The summed E-state index contributed by atoms with van der Waals surface area (Å²) in [4.78, 5) is 2.15. The van der Waals surface area contributed by atoms with Crippen molar-refractivity contribution in [2.75, 3.05) is 11.9 Å². The highest BCUT2D eigenvalue weighted by Crippen LogP contribution is 2.27. The second-order valence-electron chi connectivity index (χ2n) is 5.45. The van der Waals surface area contributed by atoms with Gasteiger partial charge in [0.1, 0.15) is 0 Å². The highest BCUT2D eigenvalue weighted by molar-refractivity contribution is 7.80. The Labute approximate surface area is 147 Å². The van der Waals surface area contributed by atoms with E-state index in [1.54, 1.807) is 12.1 Å². The van der Waals surface area contributed by atoms with Gasteiger partial charge in [-0.1, -0.05) is 42.5 Å². The van der Waals surface area contributed by atoms with Gasteiger partial charge in [-0.2, -0.15) is 5.26 Å². The standard InChI is InChI=1S/C16H19Cl2N3S/c17-14-8-7-12(11-15(14)18)20-16(22)21(10-4-9-19)13-5-2-1-3-6-13/h7-8,11,13H,1-6,10H2,(H,20,22). The van der Waals surface area contributed by atoms with Gasteiger partial charge in [0.15, 0.2) is 5.11 Å². The van der Waals surface area contributed by atoms with E-state index >= 15 is 0 Å². The molecule has 1 aromatic carbocycles. The Balaban J connectivity index is 2.06. The zero-order valence-corrected chi connectivity index (χ0v) is 14.6. The summed E-state index contributed by atoms with van der Waals surface area (Å²) in [7, 11) is 0. The van der Waals surface area contributed by atoms with Crippen molar-refractivity contribution < 1.29 is 0 Å². The molecule has 3 nitrogen and oxygen atoms in total. The molecule has 0 spiro atoms. The Morgan fingerprint density at radius 1 is 1.27 bits per heavy atom. The second-order valence-corrected chi connectivity index (χ2v) is 6.65. The van der Waals surface area contributed by atoms with Crippen molar-refractivity contribution in [1.82, 2.24) is 4.90 Å². The molecule has 0 aromatic heterocycles. The first-order chi connectivity index (χ1) is 10.6. The number of nitriles is 1. The fourth-order valence-electron chi connectivity index (χ4n) is 2.78. The molecule has 0 bridgehead atoms. The van der Waals surface area contributed by atoms with E-state index in [0.717, 1.165) is 18.5 Å². The third-order valence-corrected chi connectivity index (χ3v) is 4.99. The molecule has 0 radical (unpaired) electrons. The maximum absolute atomic E-state index is 8.88. The van der Waals surface area contributed by atoms with E-state index in [9.17, 15) is 0 Å². The number of thiocarbonyl (C=S) groups is 1. The zero-order valence-electron chi connectivity index (χ0n) is 12.3. The van der Waals surface area contributed by atoms with Crippen molar-refractivity contribution in [1.29, 1.82) is 5.26 Å². The summed E-state index contributed by atoms with van der Waals surface area (Å²) in [6.45, 7) is 0.661. The number of benzene rings is 1. The highest BCUT2D eigenvalue weighted by Gasteiger charge is 2.23. The summed E-state index contributed by atoms with van der Waals surface area (Å²) < 4.78 is 0. The molecule has 22 heavy (non-hydrogen) atoms. The van der Waals surface area contributed by atoms with Gasteiger partial charge in [-0.15, -0.1) is 0 Å². The van der Waals surface area contributed by atoms with Gasteiger partial charge in [0.25, 0.3) is 0 Å². The minimum Gasteiger partial charge on any atom is -0.345 e. The van der Waals surface area contributed by atoms with Gasteiger partial charge in [0.2, 0.25) is 0 Å². The average molecular weight is 356 g/mol. The van der Waals surface area contributed by atoms with E-state index in [0.29, 0.717) is 34.2 Å². The normalized spacial score (nSPS) is 15.1. The first kappa shape index (κ1) is 17.3. The molecule has 0 saturated heterocycles. The van der Waals surface area contributed by atoms with E-state index in [2.05, 4.69) is 16.3 Å². The van der Waals surface area contributed by atoms with E-state index < -0.39 is 0 Å². The summed E-state index contributed by atoms with van der Waals surface area (Å²) >= 11 is 17.5. The number of rotatable bonds is 4. The third kappa shape index (κ3) is 4.74. The minimum absolute atomic E-state index is 0.421. The molecule has 1 saturated carbocycles. The van der Waals surface area contributed by atoms with Gasteiger partial charge in [-0.3, -0.25) is 0 Å². The van der Waals surface area contributed by atoms with Crippen molar-refractivity contribution in [3.63, 3.8) is 0 Å². The quantitative estimate of drug-likeness (QED) is 0.749. The van der Waals surface area contributed by atoms with Crippen molar-refractivity contribution in [3.8, 4) is 6.07 Å². The van der Waals surface area contributed by atoms with Crippen molar-refractivity contribution >= 4 is 46.2 Å². The molecular weight excluding hydrogens is 337 g/mol. The Hall–Kier alpha value is -1.02. The van der Waals surface area contributed by atoms with E-state index in [1.165, 1.54) is 19.3 Å². The predicted octanol–water partition coefficient (Wildman–Crippen LogP) is 5.24. The molecule has 1 aliphatic rings. The van der Waals surface area contributed by atoms with Gasteiger partial charge in [0.05, 0.1) is 22.5 Å². The van der Waals surface area contributed by atoms with Crippen molar-refractivity contribution in [2.45, 2.75) is 44.6 Å². The maximum atomic E-state index is 8.88. The first-order valence-electron chi connectivity index (χ1n) is 7.51. The Morgan fingerprint density at radius 2 is 2.00 bits per heavy atom. The van der Waals surface area contributed by atoms with Gasteiger partial charge in [0, 0.05) is 18.3 Å². The Kier molecular flexibility index (Phi) is 6.75. The molecule has 6 heteroatoms. The molecule has 2 rings (SSSR count). The zero-order chi connectivity index (χ0) is 15.9. The van der Waals surface area contributed by atoms with Crippen molar-refractivity contribution in [3.05, 3.63) is 28.2 Å². The number of anilines is 1. The number of hydrogen-bond donors (Lipinski definition) is 1. The first-order valence-corrected chi connectivity index (χ1v) is 8.68. The van der Waals surface area contributed by atoms with Crippen LogP contribution in [-0.2, 0) is 0 Å². The molecule has 1 aliphatic carbocycles. The van der Waals surface area contributed by atoms with Crippen LogP contribution in [0.4, 0.5) is 5.69 Å². The lowest BCUT2D eigenvalue weighted by Crippen LogP contribution is -2.44. The molecule has 0 atom stereocenters. The molecule has 1 fully saturated rings. The molecule has 0 aliphatic heterocycles. The number of hydrogen-bond acceptors (Lipinski definition) is 2. The van der Waals surface area contributed by atoms with Crippen molar-refractivity contribution in [2.24, 2.45) is 0 Å². The second kappa shape index (κ2) is 8.57. The van der Waals surface area contributed by atoms with E-state index in [-0.39, 0.29) is 0 Å². The number of nitrogens with zero attached hydrogens (tertiary/aromatic N) is 2. The topological polar surface area (TPSA) is 39.1 Å². The highest BCUT2D eigenvalue weighted by atomic mass is 35.5. The molecule has 0 unspecified atom stereocenters. The molecule has 1 aromatic rings. The Bertz CT molecular complexity index is 565. The van der Waals surface area contributed by atoms with E-state index in [1.807, 2.05) is 6.07 Å². The molecule has 118 valence electrons. The lowest BCUT2D eigenvalue weighted by atomic mass is 9.94. The minimum atomic E-state index is 0.421. The fourth-order valence-corrected chi connectivity index (χ4v) is 3.44. The number of nitrogens with one attached hydrogen (secondary N) is 1.